The topological polar surface area (TPSA) is 54.4 Å². The van der Waals surface area contributed by atoms with Crippen molar-refractivity contribution < 1.29 is 13.5 Å². The summed E-state index contributed by atoms with van der Waals surface area (Å²) in [6.07, 6.45) is 0.754. The maximum Gasteiger partial charge on any atom is 0.178 e. The predicted octanol–water partition coefficient (Wildman–Crippen LogP) is 2.90. The zero-order chi connectivity index (χ0) is 14.0. The van der Waals surface area contributed by atoms with Crippen LogP contribution in [0.25, 0.3) is 0 Å². The van der Waals surface area contributed by atoms with Crippen molar-refractivity contribution in [1.29, 1.82) is 0 Å². The summed E-state index contributed by atoms with van der Waals surface area (Å²) in [5, 5.41) is 9.45. The molecule has 0 fully saturated rings. The lowest BCUT2D eigenvalue weighted by molar-refractivity contribution is 0.0982. The summed E-state index contributed by atoms with van der Waals surface area (Å²) >= 11 is 3.32. The van der Waals surface area contributed by atoms with Gasteiger partial charge in [-0.15, -0.1) is 0 Å². The van der Waals surface area contributed by atoms with Gasteiger partial charge in [-0.05, 0) is 51.3 Å². The van der Waals surface area contributed by atoms with Gasteiger partial charge < -0.3 is 5.11 Å². The van der Waals surface area contributed by atoms with Gasteiger partial charge in [-0.25, -0.2) is 8.42 Å². The Bertz CT molecular complexity index is 516. The maximum atomic E-state index is 12.1. The van der Waals surface area contributed by atoms with E-state index in [-0.39, 0.29) is 5.75 Å². The number of rotatable bonds is 5. The fourth-order valence-corrected chi connectivity index (χ4v) is 3.39. The second kappa shape index (κ2) is 5.72. The number of hydrogen-bond acceptors (Lipinski definition) is 3. The summed E-state index contributed by atoms with van der Waals surface area (Å²) in [7, 11) is -3.29. The standard InChI is InChI=1S/C13H18BrO3S/c1-10-5-6-11(9-12(10)14)18(16,17)8-4-7-13(2,3)15/h5-6,9,15H,2,4,7-8H2,1,3H3. The molecule has 1 aromatic rings. The van der Waals surface area contributed by atoms with E-state index in [4.69, 9.17) is 0 Å². The Morgan fingerprint density at radius 3 is 2.56 bits per heavy atom. The molecular weight excluding hydrogens is 316 g/mol. The minimum atomic E-state index is -3.29. The van der Waals surface area contributed by atoms with Gasteiger partial charge in [0.1, 0.15) is 0 Å². The molecular formula is C13H18BrO3S. The molecule has 0 spiro atoms. The van der Waals surface area contributed by atoms with Gasteiger partial charge in [0.05, 0.1) is 16.2 Å². The Balaban J connectivity index is 2.77. The van der Waals surface area contributed by atoms with Crippen LogP contribution in [0.15, 0.2) is 27.6 Å². The lowest BCUT2D eigenvalue weighted by Gasteiger charge is -2.16. The molecule has 0 saturated heterocycles. The summed E-state index contributed by atoms with van der Waals surface area (Å²) in [6.45, 7) is 7.02. The summed E-state index contributed by atoms with van der Waals surface area (Å²) in [5.74, 6) is 0.0220. The number of benzene rings is 1. The molecule has 1 rings (SSSR count). The minimum absolute atomic E-state index is 0.0220. The third-order valence-electron chi connectivity index (χ3n) is 2.63. The molecule has 1 radical (unpaired) electrons. The van der Waals surface area contributed by atoms with Crippen molar-refractivity contribution in [2.75, 3.05) is 5.75 Å². The molecule has 1 aromatic carbocycles. The number of aryl methyl sites for hydroxylation is 1. The highest BCUT2D eigenvalue weighted by Gasteiger charge is 2.18. The van der Waals surface area contributed by atoms with Crippen LogP contribution in [0.5, 0.6) is 0 Å². The second-order valence-corrected chi connectivity index (χ2v) is 7.79. The Hall–Kier alpha value is -0.390. The normalized spacial score (nSPS) is 12.7. The molecule has 0 aliphatic rings. The average molecular weight is 334 g/mol. The van der Waals surface area contributed by atoms with Gasteiger partial charge in [-0.2, -0.15) is 0 Å². The number of halogens is 1. The lowest BCUT2D eigenvalue weighted by atomic mass is 10.0. The quantitative estimate of drug-likeness (QED) is 0.901. The van der Waals surface area contributed by atoms with Crippen LogP contribution in [0.2, 0.25) is 0 Å². The Morgan fingerprint density at radius 2 is 2.06 bits per heavy atom. The van der Waals surface area contributed by atoms with Crippen molar-refractivity contribution in [1.82, 2.24) is 0 Å². The Kier molecular flexibility index (Phi) is 4.98. The van der Waals surface area contributed by atoms with Gasteiger partial charge in [-0.3, -0.25) is 0 Å². The smallest absolute Gasteiger partial charge is 0.178 e. The summed E-state index contributed by atoms with van der Waals surface area (Å²) in [5.41, 5.74) is -0.0711. The van der Waals surface area contributed by atoms with Crippen LogP contribution in [0.4, 0.5) is 0 Å². The first-order chi connectivity index (χ1) is 8.12. The average Bonchev–Trinajstić information content (AvgIpc) is 2.19. The van der Waals surface area contributed by atoms with Gasteiger partial charge in [-0.1, -0.05) is 22.0 Å². The van der Waals surface area contributed by atoms with Crippen molar-refractivity contribution in [3.05, 3.63) is 35.2 Å². The predicted molar refractivity (Wildman–Crippen MR) is 76.1 cm³/mol. The highest BCUT2D eigenvalue weighted by Crippen LogP contribution is 2.22. The lowest BCUT2D eigenvalue weighted by Crippen LogP contribution is -2.20. The highest BCUT2D eigenvalue weighted by molar-refractivity contribution is 9.10. The van der Waals surface area contributed by atoms with E-state index >= 15 is 0 Å². The molecule has 0 saturated carbocycles. The van der Waals surface area contributed by atoms with E-state index in [1.165, 1.54) is 0 Å². The molecule has 101 valence electrons. The van der Waals surface area contributed by atoms with E-state index < -0.39 is 15.4 Å². The first kappa shape index (κ1) is 15.7. The van der Waals surface area contributed by atoms with Gasteiger partial charge in [0.2, 0.25) is 0 Å². The van der Waals surface area contributed by atoms with Crippen LogP contribution in [0.3, 0.4) is 0 Å². The maximum absolute atomic E-state index is 12.1. The van der Waals surface area contributed by atoms with Gasteiger partial charge in [0.15, 0.2) is 9.84 Å². The molecule has 1 N–H and O–H groups in total. The zero-order valence-electron chi connectivity index (χ0n) is 10.6. The molecule has 3 nitrogen and oxygen atoms in total. The second-order valence-electron chi connectivity index (χ2n) is 4.83. The largest absolute Gasteiger partial charge is 0.390 e. The summed E-state index contributed by atoms with van der Waals surface area (Å²) in [4.78, 5) is 0.309. The van der Waals surface area contributed by atoms with Crippen molar-refractivity contribution in [3.63, 3.8) is 0 Å². The van der Waals surface area contributed by atoms with Gasteiger partial charge in [0, 0.05) is 4.47 Å². The third kappa shape index (κ3) is 4.71. The summed E-state index contributed by atoms with van der Waals surface area (Å²) in [6, 6.07) is 5.00. The van der Waals surface area contributed by atoms with E-state index in [9.17, 15) is 13.5 Å². The highest BCUT2D eigenvalue weighted by atomic mass is 79.9. The molecule has 18 heavy (non-hydrogen) atoms. The number of sulfone groups is 1. The van der Waals surface area contributed by atoms with E-state index in [1.807, 2.05) is 6.92 Å². The minimum Gasteiger partial charge on any atom is -0.390 e. The van der Waals surface area contributed by atoms with Crippen LogP contribution in [0, 0.1) is 13.8 Å². The van der Waals surface area contributed by atoms with Crippen LogP contribution in [0.1, 0.15) is 25.3 Å². The van der Waals surface area contributed by atoms with Gasteiger partial charge in [0.25, 0.3) is 0 Å². The van der Waals surface area contributed by atoms with Crippen molar-refractivity contribution in [2.24, 2.45) is 0 Å². The first-order valence-corrected chi connectivity index (χ1v) is 8.13. The molecule has 0 aromatic heterocycles. The van der Waals surface area contributed by atoms with Crippen LogP contribution < -0.4 is 0 Å². The molecule has 5 heteroatoms. The van der Waals surface area contributed by atoms with E-state index in [0.29, 0.717) is 17.7 Å². The van der Waals surface area contributed by atoms with E-state index in [2.05, 4.69) is 22.9 Å². The molecule has 0 aliphatic carbocycles. The fraction of sp³-hybridized carbons (Fsp3) is 0.462. The van der Waals surface area contributed by atoms with Crippen molar-refractivity contribution >= 4 is 25.8 Å². The SMILES string of the molecule is [CH2]C(C)(O)CCCS(=O)(=O)c1ccc(C)c(Br)c1. The van der Waals surface area contributed by atoms with Crippen molar-refractivity contribution in [3.8, 4) is 0 Å². The number of aliphatic hydroxyl groups is 1. The molecule has 0 amide bonds. The van der Waals surface area contributed by atoms with Crippen molar-refractivity contribution in [2.45, 2.75) is 37.2 Å². The van der Waals surface area contributed by atoms with Crippen LogP contribution in [-0.2, 0) is 9.84 Å². The Morgan fingerprint density at radius 1 is 1.44 bits per heavy atom. The fourth-order valence-electron chi connectivity index (χ4n) is 1.53. The zero-order valence-corrected chi connectivity index (χ0v) is 13.0. The van der Waals surface area contributed by atoms with Gasteiger partial charge >= 0.3 is 0 Å². The van der Waals surface area contributed by atoms with Crippen LogP contribution in [-0.4, -0.2) is 24.9 Å². The van der Waals surface area contributed by atoms with E-state index in [1.54, 1.807) is 25.1 Å². The molecule has 0 bridgehead atoms. The monoisotopic (exact) mass is 333 g/mol. The number of hydrogen-bond donors (Lipinski definition) is 1. The van der Waals surface area contributed by atoms with Crippen LogP contribution >= 0.6 is 15.9 Å². The van der Waals surface area contributed by atoms with E-state index in [0.717, 1.165) is 10.0 Å². The molecule has 0 aliphatic heterocycles. The summed E-state index contributed by atoms with van der Waals surface area (Å²) < 4.78 is 24.9. The first-order valence-electron chi connectivity index (χ1n) is 5.68. The molecule has 1 atom stereocenters. The Labute approximate surface area is 117 Å². The molecule has 0 heterocycles. The third-order valence-corrected chi connectivity index (χ3v) is 5.28. The molecule has 1 unspecified atom stereocenters.